The van der Waals surface area contributed by atoms with E-state index in [1.54, 1.807) is 6.26 Å². The van der Waals surface area contributed by atoms with Crippen molar-refractivity contribution < 1.29 is 4.42 Å². The van der Waals surface area contributed by atoms with E-state index < -0.39 is 0 Å². The van der Waals surface area contributed by atoms with Crippen molar-refractivity contribution in [3.05, 3.63) is 78.3 Å². The molecule has 5 nitrogen and oxygen atoms in total. The number of thiocarbonyl (C=S) groups is 1. The second-order valence-corrected chi connectivity index (χ2v) is 8.00. The number of pyridine rings is 1. The van der Waals surface area contributed by atoms with Crippen LogP contribution >= 0.6 is 12.2 Å². The SMILES string of the molecule is S=C1N[C@H](c2ccccn2)[C@@H](c2cccn2Cc2ccco2)N1C1CCCC1. The normalized spacial score (nSPS) is 22.7. The van der Waals surface area contributed by atoms with Crippen molar-refractivity contribution in [2.24, 2.45) is 0 Å². The molecule has 144 valence electrons. The molecular formula is C22H24N4OS. The van der Waals surface area contributed by atoms with Gasteiger partial charge in [0, 0.05) is 24.1 Å². The highest BCUT2D eigenvalue weighted by Crippen LogP contribution is 2.43. The quantitative estimate of drug-likeness (QED) is 0.651. The van der Waals surface area contributed by atoms with Crippen molar-refractivity contribution in [3.8, 4) is 0 Å². The first-order valence-corrected chi connectivity index (χ1v) is 10.4. The lowest BCUT2D eigenvalue weighted by molar-refractivity contribution is 0.236. The van der Waals surface area contributed by atoms with Crippen LogP contribution in [0.4, 0.5) is 0 Å². The minimum absolute atomic E-state index is 0.0413. The Balaban J connectivity index is 1.55. The summed E-state index contributed by atoms with van der Waals surface area (Å²) in [5, 5.41) is 4.43. The molecule has 0 amide bonds. The number of hydrogen-bond donors (Lipinski definition) is 1. The number of aromatic nitrogens is 2. The van der Waals surface area contributed by atoms with Crippen molar-refractivity contribution in [1.29, 1.82) is 0 Å². The van der Waals surface area contributed by atoms with E-state index in [0.717, 1.165) is 16.6 Å². The standard InChI is InChI=1S/C22H24N4OS/c28-22-24-20(18-10-3-4-12-23-18)21(26(22)16-7-1-2-8-16)19-11-5-13-25(19)15-17-9-6-14-27-17/h3-6,9-14,16,20-21H,1-2,7-8,15H2,(H,24,28)/t20-,21-/m1/s1. The van der Waals surface area contributed by atoms with Gasteiger partial charge < -0.3 is 19.2 Å². The average Bonchev–Trinajstić information content (AvgIpc) is 3.50. The molecule has 0 spiro atoms. The first-order valence-electron chi connectivity index (χ1n) is 9.98. The van der Waals surface area contributed by atoms with Gasteiger partial charge in [0.2, 0.25) is 0 Å². The zero-order valence-corrected chi connectivity index (χ0v) is 16.5. The molecule has 0 unspecified atom stereocenters. The second-order valence-electron chi connectivity index (χ2n) is 7.61. The van der Waals surface area contributed by atoms with Crippen LogP contribution in [-0.2, 0) is 6.54 Å². The van der Waals surface area contributed by atoms with Gasteiger partial charge in [-0.3, -0.25) is 4.98 Å². The van der Waals surface area contributed by atoms with E-state index in [0.29, 0.717) is 12.6 Å². The third kappa shape index (κ3) is 3.11. The molecule has 0 bridgehead atoms. The van der Waals surface area contributed by atoms with Crippen molar-refractivity contribution in [2.75, 3.05) is 0 Å². The lowest BCUT2D eigenvalue weighted by Gasteiger charge is -2.33. The summed E-state index contributed by atoms with van der Waals surface area (Å²) in [7, 11) is 0. The first-order chi connectivity index (χ1) is 13.8. The predicted octanol–water partition coefficient (Wildman–Crippen LogP) is 4.44. The molecule has 2 fully saturated rings. The maximum absolute atomic E-state index is 5.82. The van der Waals surface area contributed by atoms with Crippen LogP contribution in [0.25, 0.3) is 0 Å². The van der Waals surface area contributed by atoms with E-state index in [1.165, 1.54) is 31.4 Å². The molecule has 2 atom stereocenters. The molecule has 6 heteroatoms. The molecule has 1 aliphatic heterocycles. The first kappa shape index (κ1) is 17.5. The number of rotatable bonds is 5. The Bertz CT molecular complexity index is 931. The van der Waals surface area contributed by atoms with Crippen LogP contribution in [0.1, 0.15) is 54.9 Å². The van der Waals surface area contributed by atoms with E-state index in [9.17, 15) is 0 Å². The molecule has 1 saturated heterocycles. The zero-order valence-electron chi connectivity index (χ0n) is 15.7. The topological polar surface area (TPSA) is 46.2 Å². The third-order valence-electron chi connectivity index (χ3n) is 5.93. The molecular weight excluding hydrogens is 368 g/mol. The van der Waals surface area contributed by atoms with Crippen LogP contribution in [0.5, 0.6) is 0 Å². The Hall–Kier alpha value is -2.60. The van der Waals surface area contributed by atoms with Gasteiger partial charge in [-0.15, -0.1) is 0 Å². The number of hydrogen-bond acceptors (Lipinski definition) is 3. The number of nitrogens with zero attached hydrogens (tertiary/aromatic N) is 3. The van der Waals surface area contributed by atoms with Gasteiger partial charge in [0.15, 0.2) is 5.11 Å². The van der Waals surface area contributed by atoms with E-state index >= 15 is 0 Å². The Morgan fingerprint density at radius 2 is 2.00 bits per heavy atom. The lowest BCUT2D eigenvalue weighted by Crippen LogP contribution is -2.38. The van der Waals surface area contributed by atoms with Crippen LogP contribution in [0.3, 0.4) is 0 Å². The number of nitrogens with one attached hydrogen (secondary N) is 1. The third-order valence-corrected chi connectivity index (χ3v) is 6.26. The summed E-state index contributed by atoms with van der Waals surface area (Å²) in [6.07, 6.45) is 10.7. The van der Waals surface area contributed by atoms with Crippen LogP contribution in [-0.4, -0.2) is 25.6 Å². The van der Waals surface area contributed by atoms with Gasteiger partial charge in [0.05, 0.1) is 30.6 Å². The summed E-state index contributed by atoms with van der Waals surface area (Å²) in [4.78, 5) is 7.09. The Labute approximate surface area is 170 Å². The van der Waals surface area contributed by atoms with Gasteiger partial charge in [-0.1, -0.05) is 18.9 Å². The van der Waals surface area contributed by atoms with Crippen molar-refractivity contribution >= 4 is 17.3 Å². The fraction of sp³-hybridized carbons (Fsp3) is 0.364. The molecule has 28 heavy (non-hydrogen) atoms. The summed E-state index contributed by atoms with van der Waals surface area (Å²) in [6.45, 7) is 0.714. The fourth-order valence-corrected chi connectivity index (χ4v) is 5.06. The Morgan fingerprint density at radius 3 is 2.75 bits per heavy atom. The van der Waals surface area contributed by atoms with Crippen molar-refractivity contribution in [2.45, 2.75) is 50.4 Å². The smallest absolute Gasteiger partial charge is 0.170 e. The van der Waals surface area contributed by atoms with Crippen LogP contribution in [0.15, 0.2) is 65.5 Å². The van der Waals surface area contributed by atoms with E-state index in [-0.39, 0.29) is 12.1 Å². The average molecular weight is 393 g/mol. The Morgan fingerprint density at radius 1 is 1.11 bits per heavy atom. The lowest BCUT2D eigenvalue weighted by atomic mass is 9.99. The molecule has 1 aliphatic carbocycles. The molecule has 2 aliphatic rings. The highest BCUT2D eigenvalue weighted by molar-refractivity contribution is 7.80. The molecule has 3 aromatic heterocycles. The molecule has 5 rings (SSSR count). The highest BCUT2D eigenvalue weighted by Gasteiger charge is 2.44. The molecule has 3 aromatic rings. The predicted molar refractivity (Wildman–Crippen MR) is 112 cm³/mol. The molecule has 4 heterocycles. The van der Waals surface area contributed by atoms with E-state index in [4.69, 9.17) is 16.6 Å². The maximum Gasteiger partial charge on any atom is 0.170 e. The summed E-state index contributed by atoms with van der Waals surface area (Å²) in [5.41, 5.74) is 2.27. The maximum atomic E-state index is 5.82. The van der Waals surface area contributed by atoms with E-state index in [1.807, 2.05) is 30.5 Å². The second kappa shape index (κ2) is 7.43. The van der Waals surface area contributed by atoms with Gasteiger partial charge >= 0.3 is 0 Å². The van der Waals surface area contributed by atoms with Gasteiger partial charge in [-0.25, -0.2) is 0 Å². The molecule has 1 N–H and O–H groups in total. The zero-order chi connectivity index (χ0) is 18.9. The van der Waals surface area contributed by atoms with E-state index in [2.05, 4.69) is 44.2 Å². The molecule has 0 aromatic carbocycles. The van der Waals surface area contributed by atoms with Gasteiger partial charge in [-0.2, -0.15) is 0 Å². The Kier molecular flexibility index (Phi) is 4.64. The number of furan rings is 1. The largest absolute Gasteiger partial charge is 0.467 e. The molecule has 1 saturated carbocycles. The van der Waals surface area contributed by atoms with Crippen molar-refractivity contribution in [3.63, 3.8) is 0 Å². The summed E-state index contributed by atoms with van der Waals surface area (Å²) < 4.78 is 7.87. The fourth-order valence-electron chi connectivity index (χ4n) is 4.67. The minimum Gasteiger partial charge on any atom is -0.467 e. The van der Waals surface area contributed by atoms with Crippen LogP contribution in [0, 0.1) is 0 Å². The monoisotopic (exact) mass is 392 g/mol. The van der Waals surface area contributed by atoms with Gasteiger partial charge in [0.25, 0.3) is 0 Å². The minimum atomic E-state index is 0.0413. The summed E-state index contributed by atoms with van der Waals surface area (Å²) in [5.74, 6) is 0.952. The van der Waals surface area contributed by atoms with Gasteiger partial charge in [-0.05, 0) is 61.5 Å². The van der Waals surface area contributed by atoms with Crippen LogP contribution in [0.2, 0.25) is 0 Å². The van der Waals surface area contributed by atoms with Crippen LogP contribution < -0.4 is 5.32 Å². The summed E-state index contributed by atoms with van der Waals surface area (Å²) in [6, 6.07) is 15.0. The summed E-state index contributed by atoms with van der Waals surface area (Å²) >= 11 is 5.82. The van der Waals surface area contributed by atoms with Gasteiger partial charge in [0.1, 0.15) is 5.76 Å². The highest BCUT2D eigenvalue weighted by atomic mass is 32.1. The van der Waals surface area contributed by atoms with Crippen molar-refractivity contribution in [1.82, 2.24) is 19.8 Å². The molecule has 0 radical (unpaired) electrons.